The number of fused-ring (bicyclic) bond motifs is 1. The van der Waals surface area contributed by atoms with Gasteiger partial charge in [0.15, 0.2) is 0 Å². The van der Waals surface area contributed by atoms with E-state index in [1.54, 1.807) is 0 Å². The van der Waals surface area contributed by atoms with E-state index in [1.165, 1.54) is 0 Å². The van der Waals surface area contributed by atoms with E-state index in [0.717, 1.165) is 37.1 Å². The molecule has 2 bridgehead atoms. The zero-order chi connectivity index (χ0) is 17.1. The first-order valence-electron chi connectivity index (χ1n) is 7.75. The zero-order valence-electron chi connectivity index (χ0n) is 15.0. The van der Waals surface area contributed by atoms with E-state index in [1.807, 2.05) is 0 Å². The van der Waals surface area contributed by atoms with Gasteiger partial charge in [-0.05, 0) is 0 Å². The summed E-state index contributed by atoms with van der Waals surface area (Å²) in [7, 11) is 0. The Labute approximate surface area is 169 Å². The van der Waals surface area contributed by atoms with E-state index in [0.29, 0.717) is 20.0 Å². The summed E-state index contributed by atoms with van der Waals surface area (Å²) in [5, 5.41) is 0. The molecule has 7 heteroatoms. The first kappa shape index (κ1) is 20.1. The molecular formula is C15H27P3Se4. The predicted octanol–water partition coefficient (Wildman–Crippen LogP) is 5.06. The van der Waals surface area contributed by atoms with E-state index < -0.39 is 0 Å². The summed E-state index contributed by atoms with van der Waals surface area (Å²) in [6, 6.07) is 0. The fourth-order valence-electron chi connectivity index (χ4n) is 3.79. The standard InChI is InChI=1S/C15H27P3Se4/c1-10(2,3)13-16(19)14(11(4,5)6)18(22-13)15(21-14,17(13)20)12(7,8)9/h1-9H3/t13?,14-,15-,16?,17?,18?/m0/s1. The zero-order valence-corrected chi connectivity index (χ0v) is 24.5. The van der Waals surface area contributed by atoms with Crippen molar-refractivity contribution in [2.75, 3.05) is 0 Å². The van der Waals surface area contributed by atoms with Gasteiger partial charge in [-0.1, -0.05) is 0 Å². The van der Waals surface area contributed by atoms with E-state index in [2.05, 4.69) is 93.5 Å². The minimum atomic E-state index is 0.0199. The van der Waals surface area contributed by atoms with Crippen molar-refractivity contribution in [1.82, 2.24) is 0 Å². The molecule has 3 saturated heterocycles. The molecule has 0 spiro atoms. The second kappa shape index (κ2) is 5.25. The quantitative estimate of drug-likeness (QED) is 0.264. The van der Waals surface area contributed by atoms with Crippen molar-refractivity contribution >= 4 is 80.4 Å². The van der Waals surface area contributed by atoms with Gasteiger partial charge in [0.25, 0.3) is 0 Å². The molecule has 0 aliphatic carbocycles. The van der Waals surface area contributed by atoms with Gasteiger partial charge in [-0.25, -0.2) is 0 Å². The first-order valence-corrected chi connectivity index (χ1v) is 21.0. The van der Waals surface area contributed by atoms with Crippen LogP contribution in [0.5, 0.6) is 0 Å². The Morgan fingerprint density at radius 2 is 0.955 bits per heavy atom. The summed E-state index contributed by atoms with van der Waals surface area (Å²) >= 11 is 9.39. The normalized spacial score (nSPS) is 51.1. The molecule has 126 valence electrons. The Morgan fingerprint density at radius 3 is 1.18 bits per heavy atom. The Bertz CT molecular complexity index is 484. The summed E-state index contributed by atoms with van der Waals surface area (Å²) in [5.41, 5.74) is 1.45. The van der Waals surface area contributed by atoms with Crippen LogP contribution in [0.1, 0.15) is 62.3 Å². The monoisotopic (exact) mass is 620 g/mol. The second-order valence-corrected chi connectivity index (χ2v) is 33.1. The summed E-state index contributed by atoms with van der Waals surface area (Å²) < 4.78 is 2.11. The SMILES string of the molecule is CC(C)(C)C12[Se]P3[C@@](C(C)(C)C)([Se][C@@]3(C(C)(C)C)P1[Se])P2[Se]. The van der Waals surface area contributed by atoms with Gasteiger partial charge in [-0.15, -0.1) is 0 Å². The third-order valence-electron chi connectivity index (χ3n) is 5.09. The molecule has 0 amide bonds. The predicted molar refractivity (Wildman–Crippen MR) is 110 cm³/mol. The molecule has 0 aromatic carbocycles. The number of hydrogen-bond donors (Lipinski definition) is 0. The van der Waals surface area contributed by atoms with Gasteiger partial charge in [0.2, 0.25) is 0 Å². The summed E-state index contributed by atoms with van der Waals surface area (Å²) in [6.07, 6.45) is 0. The second-order valence-electron chi connectivity index (χ2n) is 9.65. The molecular weight excluding hydrogens is 589 g/mol. The van der Waals surface area contributed by atoms with Crippen LogP contribution in [-0.2, 0) is 0 Å². The Kier molecular flexibility index (Phi) is 4.79. The molecule has 2 radical (unpaired) electrons. The molecule has 4 atom stereocenters. The van der Waals surface area contributed by atoms with Crippen LogP contribution in [0.25, 0.3) is 0 Å². The first-order chi connectivity index (χ1) is 9.61. The average molecular weight is 616 g/mol. The molecule has 2 unspecified atom stereocenters. The van der Waals surface area contributed by atoms with Gasteiger partial charge >= 0.3 is 170 Å². The van der Waals surface area contributed by atoms with Gasteiger partial charge in [-0.3, -0.25) is 0 Å². The number of rotatable bonds is 0. The van der Waals surface area contributed by atoms with Crippen molar-refractivity contribution in [3.63, 3.8) is 0 Å². The molecule has 3 fully saturated rings. The Hall–Kier alpha value is 3.37. The van der Waals surface area contributed by atoms with Crippen LogP contribution in [0.3, 0.4) is 0 Å². The van der Waals surface area contributed by atoms with Crippen molar-refractivity contribution < 1.29 is 0 Å². The van der Waals surface area contributed by atoms with Crippen molar-refractivity contribution in [3.05, 3.63) is 0 Å². The molecule has 0 saturated carbocycles. The molecule has 3 aliphatic heterocycles. The molecule has 3 heterocycles. The molecule has 3 aliphatic rings. The molecule has 0 aromatic rings. The van der Waals surface area contributed by atoms with E-state index >= 15 is 0 Å². The van der Waals surface area contributed by atoms with Crippen LogP contribution in [-0.4, -0.2) is 72.0 Å². The van der Waals surface area contributed by atoms with Gasteiger partial charge in [0.05, 0.1) is 0 Å². The molecule has 0 aromatic heterocycles. The van der Waals surface area contributed by atoms with E-state index in [-0.39, 0.29) is 19.8 Å². The van der Waals surface area contributed by atoms with Crippen molar-refractivity contribution in [1.29, 1.82) is 0 Å². The van der Waals surface area contributed by atoms with Crippen molar-refractivity contribution in [2.24, 2.45) is 16.2 Å². The van der Waals surface area contributed by atoms with Gasteiger partial charge < -0.3 is 0 Å². The summed E-state index contributed by atoms with van der Waals surface area (Å²) in [6.45, 7) is 23.3. The Morgan fingerprint density at radius 1 is 0.636 bits per heavy atom. The Balaban J connectivity index is 2.24. The topological polar surface area (TPSA) is 0 Å². The molecule has 0 nitrogen and oxygen atoms in total. The molecule has 0 N–H and O–H groups in total. The van der Waals surface area contributed by atoms with E-state index in [4.69, 9.17) is 0 Å². The van der Waals surface area contributed by atoms with Crippen molar-refractivity contribution in [3.8, 4) is 0 Å². The van der Waals surface area contributed by atoms with Gasteiger partial charge in [0.1, 0.15) is 0 Å². The van der Waals surface area contributed by atoms with Crippen LogP contribution in [0.2, 0.25) is 0 Å². The maximum atomic E-state index is 3.86. The van der Waals surface area contributed by atoms with Crippen LogP contribution < -0.4 is 0 Å². The third kappa shape index (κ3) is 1.95. The summed E-state index contributed by atoms with van der Waals surface area (Å²) in [4.78, 5) is 0. The molecule has 3 rings (SSSR count). The summed E-state index contributed by atoms with van der Waals surface area (Å²) in [5.74, 6) is 0. The number of hydrogen-bond acceptors (Lipinski definition) is 0. The third-order valence-corrected chi connectivity index (χ3v) is 62.0. The average Bonchev–Trinajstić information content (AvgIpc) is 2.55. The molecule has 22 heavy (non-hydrogen) atoms. The van der Waals surface area contributed by atoms with E-state index in [9.17, 15) is 0 Å². The maximum absolute atomic E-state index is 3.86. The van der Waals surface area contributed by atoms with Gasteiger partial charge in [-0.2, -0.15) is 0 Å². The fourth-order valence-corrected chi connectivity index (χ4v) is 84.5. The van der Waals surface area contributed by atoms with Crippen LogP contribution in [0.4, 0.5) is 0 Å². The van der Waals surface area contributed by atoms with Crippen molar-refractivity contribution in [2.45, 2.75) is 73.7 Å². The minimum absolute atomic E-state index is 0.0199. The fraction of sp³-hybridized carbons (Fsp3) is 1.00. The van der Waals surface area contributed by atoms with Crippen LogP contribution in [0.15, 0.2) is 0 Å². The van der Waals surface area contributed by atoms with Crippen LogP contribution >= 0.6 is 19.8 Å². The van der Waals surface area contributed by atoms with Crippen LogP contribution in [0, 0.1) is 16.2 Å². The van der Waals surface area contributed by atoms with Gasteiger partial charge in [0, 0.05) is 0 Å².